The van der Waals surface area contributed by atoms with Crippen LogP contribution in [0.3, 0.4) is 0 Å². The van der Waals surface area contributed by atoms with Crippen LogP contribution < -0.4 is 22.1 Å². The van der Waals surface area contributed by atoms with Crippen molar-refractivity contribution in [3.8, 4) is 0 Å². The zero-order chi connectivity index (χ0) is 22.9. The number of nitrogens with two attached hydrogens (primary N) is 2. The van der Waals surface area contributed by atoms with Gasteiger partial charge in [-0.05, 0) is 66.4 Å². The Balaban J connectivity index is 1.59. The highest BCUT2D eigenvalue weighted by molar-refractivity contribution is 9.10. The maximum absolute atomic E-state index is 12.9. The van der Waals surface area contributed by atoms with Gasteiger partial charge in [-0.2, -0.15) is 0 Å². The molecular weight excluding hydrogens is 468 g/mol. The lowest BCUT2D eigenvalue weighted by Crippen LogP contribution is -2.45. The standard InChI is InChI=1S/C25H29BrN4O2/c26-20-10-7-17(8-11-20)14-21(28)16-24(31)30-23(6-3-13-27)25(32)29-22-12-9-18-4-1-2-5-19(18)15-22/h1-2,4-5,7-12,15,21,23H,3,6,13-14,16,27-28H2,(H,29,32)(H,30,31). The van der Waals surface area contributed by atoms with Crippen LogP contribution in [0.4, 0.5) is 5.69 Å². The second-order valence-electron chi connectivity index (χ2n) is 7.90. The highest BCUT2D eigenvalue weighted by Crippen LogP contribution is 2.19. The molecule has 0 aliphatic rings. The summed E-state index contributed by atoms with van der Waals surface area (Å²) in [5.74, 6) is -0.506. The summed E-state index contributed by atoms with van der Waals surface area (Å²) in [5, 5.41) is 7.89. The largest absolute Gasteiger partial charge is 0.344 e. The van der Waals surface area contributed by atoms with Crippen LogP contribution in [0.2, 0.25) is 0 Å². The van der Waals surface area contributed by atoms with Crippen LogP contribution in [-0.4, -0.2) is 30.4 Å². The lowest BCUT2D eigenvalue weighted by molar-refractivity contribution is -0.126. The van der Waals surface area contributed by atoms with Crippen molar-refractivity contribution in [1.82, 2.24) is 5.32 Å². The number of hydrogen-bond acceptors (Lipinski definition) is 4. The number of amides is 2. The molecule has 6 nitrogen and oxygen atoms in total. The van der Waals surface area contributed by atoms with Gasteiger partial charge < -0.3 is 22.1 Å². The van der Waals surface area contributed by atoms with E-state index in [4.69, 9.17) is 11.5 Å². The topological polar surface area (TPSA) is 110 Å². The first-order valence-electron chi connectivity index (χ1n) is 10.7. The van der Waals surface area contributed by atoms with Crippen molar-refractivity contribution >= 4 is 44.2 Å². The number of carbonyl (C=O) groups is 2. The van der Waals surface area contributed by atoms with Crippen molar-refractivity contribution in [3.05, 3.63) is 76.8 Å². The number of rotatable bonds is 10. The monoisotopic (exact) mass is 496 g/mol. The van der Waals surface area contributed by atoms with Crippen molar-refractivity contribution in [2.24, 2.45) is 11.5 Å². The molecule has 3 rings (SSSR count). The molecule has 168 valence electrons. The van der Waals surface area contributed by atoms with E-state index in [-0.39, 0.29) is 24.3 Å². The third-order valence-corrected chi connectivity index (χ3v) is 5.75. The second kappa shape index (κ2) is 11.8. The fourth-order valence-electron chi connectivity index (χ4n) is 3.57. The number of carbonyl (C=O) groups excluding carboxylic acids is 2. The molecule has 0 radical (unpaired) electrons. The maximum Gasteiger partial charge on any atom is 0.246 e. The van der Waals surface area contributed by atoms with Gasteiger partial charge >= 0.3 is 0 Å². The summed E-state index contributed by atoms with van der Waals surface area (Å²) >= 11 is 3.41. The van der Waals surface area contributed by atoms with Crippen molar-refractivity contribution < 1.29 is 9.59 Å². The number of halogens is 1. The number of anilines is 1. The fourth-order valence-corrected chi connectivity index (χ4v) is 3.84. The van der Waals surface area contributed by atoms with E-state index in [1.54, 1.807) is 0 Å². The van der Waals surface area contributed by atoms with Crippen LogP contribution in [0.1, 0.15) is 24.8 Å². The predicted octanol–water partition coefficient (Wildman–Crippen LogP) is 3.72. The van der Waals surface area contributed by atoms with Gasteiger partial charge in [-0.15, -0.1) is 0 Å². The number of benzene rings is 3. The van der Waals surface area contributed by atoms with Crippen molar-refractivity contribution in [3.63, 3.8) is 0 Å². The van der Waals surface area contributed by atoms with Crippen LogP contribution in [0, 0.1) is 0 Å². The molecule has 0 bridgehead atoms. The highest BCUT2D eigenvalue weighted by Gasteiger charge is 2.22. The molecule has 0 saturated heterocycles. The maximum atomic E-state index is 12.9. The summed E-state index contributed by atoms with van der Waals surface area (Å²) in [4.78, 5) is 25.5. The van der Waals surface area contributed by atoms with Gasteiger partial charge in [0.15, 0.2) is 0 Å². The minimum atomic E-state index is -0.669. The molecule has 6 N–H and O–H groups in total. The van der Waals surface area contributed by atoms with E-state index in [1.807, 2.05) is 66.7 Å². The normalized spacial score (nSPS) is 12.8. The van der Waals surface area contributed by atoms with Gasteiger partial charge in [0.05, 0.1) is 0 Å². The van der Waals surface area contributed by atoms with Crippen LogP contribution in [0.15, 0.2) is 71.2 Å². The molecule has 2 unspecified atom stereocenters. The third kappa shape index (κ3) is 7.15. The zero-order valence-corrected chi connectivity index (χ0v) is 19.5. The SMILES string of the molecule is NCCCC(NC(=O)CC(N)Cc1ccc(Br)cc1)C(=O)Nc1ccc2ccccc2c1. The Morgan fingerprint density at radius 1 is 0.969 bits per heavy atom. The van der Waals surface area contributed by atoms with E-state index in [2.05, 4.69) is 26.6 Å². The number of nitrogens with one attached hydrogen (secondary N) is 2. The number of fused-ring (bicyclic) bond motifs is 1. The van der Waals surface area contributed by atoms with Gasteiger partial charge in [-0.3, -0.25) is 9.59 Å². The van der Waals surface area contributed by atoms with Gasteiger partial charge in [0.25, 0.3) is 0 Å². The Bertz CT molecular complexity index is 1060. The molecule has 2 amide bonds. The van der Waals surface area contributed by atoms with E-state index in [1.165, 1.54) is 0 Å². The van der Waals surface area contributed by atoms with Crippen molar-refractivity contribution in [1.29, 1.82) is 0 Å². The zero-order valence-electron chi connectivity index (χ0n) is 17.9. The summed E-state index contributed by atoms with van der Waals surface area (Å²) in [6.45, 7) is 0.443. The average molecular weight is 497 g/mol. The first kappa shape index (κ1) is 23.9. The van der Waals surface area contributed by atoms with E-state index >= 15 is 0 Å². The van der Waals surface area contributed by atoms with Crippen molar-refractivity contribution in [2.75, 3.05) is 11.9 Å². The first-order chi connectivity index (χ1) is 15.4. The van der Waals surface area contributed by atoms with Crippen LogP contribution in [0.25, 0.3) is 10.8 Å². The van der Waals surface area contributed by atoms with Crippen molar-refractivity contribution in [2.45, 2.75) is 37.8 Å². The van der Waals surface area contributed by atoms with E-state index < -0.39 is 6.04 Å². The van der Waals surface area contributed by atoms with E-state index in [0.29, 0.717) is 31.5 Å². The number of hydrogen-bond donors (Lipinski definition) is 4. The smallest absolute Gasteiger partial charge is 0.246 e. The summed E-state index contributed by atoms with van der Waals surface area (Å²) in [5.41, 5.74) is 13.6. The summed E-state index contributed by atoms with van der Waals surface area (Å²) < 4.78 is 0.993. The van der Waals surface area contributed by atoms with Gasteiger partial charge in [-0.1, -0.05) is 58.4 Å². The quantitative estimate of drug-likeness (QED) is 0.342. The molecule has 0 heterocycles. The second-order valence-corrected chi connectivity index (χ2v) is 8.81. The summed E-state index contributed by atoms with van der Waals surface area (Å²) in [6.07, 6.45) is 1.81. The van der Waals surface area contributed by atoms with E-state index in [0.717, 1.165) is 20.8 Å². The molecular formula is C25H29BrN4O2. The molecule has 0 aromatic heterocycles. The molecule has 0 aliphatic heterocycles. The van der Waals surface area contributed by atoms with Gasteiger partial charge in [0, 0.05) is 22.6 Å². The molecule has 7 heteroatoms. The molecule has 3 aromatic rings. The lowest BCUT2D eigenvalue weighted by atomic mass is 10.0. The van der Waals surface area contributed by atoms with Gasteiger partial charge in [0.2, 0.25) is 11.8 Å². The predicted molar refractivity (Wildman–Crippen MR) is 133 cm³/mol. The van der Waals surface area contributed by atoms with Crippen LogP contribution in [0.5, 0.6) is 0 Å². The Kier molecular flexibility index (Phi) is 8.79. The molecule has 0 spiro atoms. The average Bonchev–Trinajstić information content (AvgIpc) is 2.78. The fraction of sp³-hybridized carbons (Fsp3) is 0.280. The molecule has 3 aromatic carbocycles. The molecule has 0 aliphatic carbocycles. The Hall–Kier alpha value is -2.74. The molecule has 32 heavy (non-hydrogen) atoms. The lowest BCUT2D eigenvalue weighted by Gasteiger charge is -2.20. The summed E-state index contributed by atoms with van der Waals surface area (Å²) in [6, 6.07) is 20.5. The Morgan fingerprint density at radius 2 is 1.69 bits per heavy atom. The van der Waals surface area contributed by atoms with Gasteiger partial charge in [-0.25, -0.2) is 0 Å². The van der Waals surface area contributed by atoms with Crippen LogP contribution >= 0.6 is 15.9 Å². The first-order valence-corrected chi connectivity index (χ1v) is 11.5. The third-order valence-electron chi connectivity index (χ3n) is 5.22. The van der Waals surface area contributed by atoms with E-state index in [9.17, 15) is 9.59 Å². The van der Waals surface area contributed by atoms with Gasteiger partial charge in [0.1, 0.15) is 6.04 Å². The summed E-state index contributed by atoms with van der Waals surface area (Å²) in [7, 11) is 0. The highest BCUT2D eigenvalue weighted by atomic mass is 79.9. The Morgan fingerprint density at radius 3 is 2.41 bits per heavy atom. The molecule has 0 fully saturated rings. The minimum absolute atomic E-state index is 0.137. The Labute approximate surface area is 196 Å². The molecule has 0 saturated carbocycles. The molecule has 2 atom stereocenters. The minimum Gasteiger partial charge on any atom is -0.344 e. The van der Waals surface area contributed by atoms with Crippen LogP contribution in [-0.2, 0) is 16.0 Å².